The summed E-state index contributed by atoms with van der Waals surface area (Å²) in [6, 6.07) is 20.7. The van der Waals surface area contributed by atoms with Gasteiger partial charge in [0.25, 0.3) is 5.56 Å². The van der Waals surface area contributed by atoms with E-state index in [1.165, 1.54) is 5.56 Å². The normalized spacial score (nSPS) is 18.1. The summed E-state index contributed by atoms with van der Waals surface area (Å²) < 4.78 is 0. The molecule has 1 saturated carbocycles. The van der Waals surface area contributed by atoms with Crippen LogP contribution in [0.4, 0.5) is 5.69 Å². The van der Waals surface area contributed by atoms with Crippen LogP contribution < -0.4 is 5.56 Å². The van der Waals surface area contributed by atoms with Gasteiger partial charge in [-0.2, -0.15) is 5.26 Å². The van der Waals surface area contributed by atoms with E-state index in [9.17, 15) is 15.0 Å². The van der Waals surface area contributed by atoms with E-state index in [2.05, 4.69) is 22.3 Å². The van der Waals surface area contributed by atoms with Crippen molar-refractivity contribution in [1.29, 1.82) is 5.26 Å². The van der Waals surface area contributed by atoms with Gasteiger partial charge in [0.2, 0.25) is 0 Å². The van der Waals surface area contributed by atoms with E-state index in [1.54, 1.807) is 24.3 Å². The van der Waals surface area contributed by atoms with Gasteiger partial charge in [-0.25, -0.2) is 0 Å². The molecule has 2 aromatic carbocycles. The second kappa shape index (κ2) is 6.41. The molecule has 1 fully saturated rings. The maximum Gasteiger partial charge on any atom is 0.266 e. The highest BCUT2D eigenvalue weighted by atomic mass is 16.3. The lowest BCUT2D eigenvalue weighted by Crippen LogP contribution is -2.14. The van der Waals surface area contributed by atoms with Crippen LogP contribution in [0.5, 0.6) is 0 Å². The third-order valence-electron chi connectivity index (χ3n) is 4.87. The summed E-state index contributed by atoms with van der Waals surface area (Å²) >= 11 is 0. The predicted octanol–water partition coefficient (Wildman–Crippen LogP) is 4.58. The zero-order valence-corrected chi connectivity index (χ0v) is 13.8. The Labute approximate surface area is 149 Å². The van der Waals surface area contributed by atoms with Crippen molar-refractivity contribution >= 4 is 5.69 Å². The van der Waals surface area contributed by atoms with Gasteiger partial charge in [0.05, 0.1) is 0 Å². The molecule has 1 aliphatic carbocycles. The first-order chi connectivity index (χ1) is 12.7. The van der Waals surface area contributed by atoms with Crippen LogP contribution in [0.1, 0.15) is 35.1 Å². The van der Waals surface area contributed by atoms with Gasteiger partial charge in [0, 0.05) is 17.2 Å². The van der Waals surface area contributed by atoms with Crippen molar-refractivity contribution in [3.05, 3.63) is 92.7 Å². The summed E-state index contributed by atoms with van der Waals surface area (Å²) in [7, 11) is 0. The van der Waals surface area contributed by atoms with Crippen molar-refractivity contribution in [3.8, 4) is 17.2 Å². The van der Waals surface area contributed by atoms with Crippen LogP contribution in [0.15, 0.2) is 70.6 Å². The van der Waals surface area contributed by atoms with E-state index in [1.807, 2.05) is 30.3 Å². The molecule has 0 radical (unpaired) electrons. The Morgan fingerprint density at radius 2 is 1.77 bits per heavy atom. The maximum absolute atomic E-state index is 12.4. The van der Waals surface area contributed by atoms with Gasteiger partial charge in [-0.1, -0.05) is 42.5 Å². The number of nitroso groups, excluding NO2 is 1. The second-order valence-electron chi connectivity index (χ2n) is 6.45. The van der Waals surface area contributed by atoms with E-state index in [4.69, 9.17) is 0 Å². The van der Waals surface area contributed by atoms with Gasteiger partial charge in [-0.15, -0.1) is 4.91 Å². The molecule has 0 aliphatic heterocycles. The van der Waals surface area contributed by atoms with Gasteiger partial charge < -0.3 is 4.98 Å². The van der Waals surface area contributed by atoms with Crippen molar-refractivity contribution in [2.75, 3.05) is 0 Å². The standard InChI is InChI=1S/C21H15N3O2/c22-12-19-17(14-6-8-15(24-26)9-7-14)11-20(23-21(19)25)18-10-16(18)13-4-2-1-3-5-13/h1-9,11,16,18H,10H2,(H,23,25). The van der Waals surface area contributed by atoms with Crippen LogP contribution in [0.2, 0.25) is 0 Å². The van der Waals surface area contributed by atoms with Gasteiger partial charge in [0.1, 0.15) is 17.3 Å². The topological polar surface area (TPSA) is 86.1 Å². The van der Waals surface area contributed by atoms with Gasteiger partial charge in [-0.3, -0.25) is 4.79 Å². The zero-order valence-electron chi connectivity index (χ0n) is 13.8. The van der Waals surface area contributed by atoms with E-state index in [0.717, 1.165) is 17.7 Å². The van der Waals surface area contributed by atoms with Gasteiger partial charge in [0.15, 0.2) is 0 Å². The van der Waals surface area contributed by atoms with E-state index < -0.39 is 0 Å². The first-order valence-corrected chi connectivity index (χ1v) is 8.37. The number of rotatable bonds is 4. The summed E-state index contributed by atoms with van der Waals surface area (Å²) in [5.74, 6) is 0.627. The van der Waals surface area contributed by atoms with Crippen molar-refractivity contribution < 1.29 is 0 Å². The van der Waals surface area contributed by atoms with Crippen molar-refractivity contribution in [2.45, 2.75) is 18.3 Å². The first kappa shape index (κ1) is 16.0. The maximum atomic E-state index is 12.4. The zero-order chi connectivity index (χ0) is 18.1. The molecule has 2 unspecified atom stereocenters. The number of aromatic nitrogens is 1. The molecule has 1 N–H and O–H groups in total. The fourth-order valence-corrected chi connectivity index (χ4v) is 3.43. The number of hydrogen-bond donors (Lipinski definition) is 1. The quantitative estimate of drug-likeness (QED) is 0.705. The minimum Gasteiger partial charge on any atom is -0.325 e. The Hall–Kier alpha value is -3.52. The number of benzene rings is 2. The molecule has 26 heavy (non-hydrogen) atoms. The lowest BCUT2D eigenvalue weighted by Gasteiger charge is -2.08. The lowest BCUT2D eigenvalue weighted by atomic mass is 9.99. The minimum atomic E-state index is -0.378. The number of nitrogens with one attached hydrogen (secondary N) is 1. The molecular weight excluding hydrogens is 326 g/mol. The fraction of sp³-hybridized carbons (Fsp3) is 0.143. The van der Waals surface area contributed by atoms with Crippen LogP contribution >= 0.6 is 0 Å². The molecule has 4 rings (SSSR count). The molecular formula is C21H15N3O2. The number of H-pyrrole nitrogens is 1. The molecule has 2 atom stereocenters. The molecule has 0 saturated heterocycles. The SMILES string of the molecule is N#Cc1c(-c2ccc(N=O)cc2)cc(C2CC2c2ccccc2)[nH]c1=O. The monoisotopic (exact) mass is 341 g/mol. The average molecular weight is 341 g/mol. The molecule has 0 amide bonds. The molecule has 0 spiro atoms. The molecule has 3 aromatic rings. The summed E-state index contributed by atoms with van der Waals surface area (Å²) in [6.07, 6.45) is 0.972. The Balaban J connectivity index is 1.74. The molecule has 1 aliphatic rings. The van der Waals surface area contributed by atoms with Gasteiger partial charge in [-0.05, 0) is 46.8 Å². The van der Waals surface area contributed by atoms with Crippen LogP contribution in [0, 0.1) is 16.2 Å². The molecule has 126 valence electrons. The molecule has 1 heterocycles. The minimum absolute atomic E-state index is 0.0810. The highest BCUT2D eigenvalue weighted by Crippen LogP contribution is 2.54. The van der Waals surface area contributed by atoms with E-state index in [0.29, 0.717) is 17.2 Å². The van der Waals surface area contributed by atoms with E-state index >= 15 is 0 Å². The van der Waals surface area contributed by atoms with Crippen LogP contribution in [-0.2, 0) is 0 Å². The summed E-state index contributed by atoms with van der Waals surface area (Å²) in [5.41, 5.74) is 3.42. The number of nitrogens with zero attached hydrogens (tertiary/aromatic N) is 2. The van der Waals surface area contributed by atoms with Crippen LogP contribution in [-0.4, -0.2) is 4.98 Å². The number of aromatic amines is 1. The molecule has 5 nitrogen and oxygen atoms in total. The highest BCUT2D eigenvalue weighted by molar-refractivity contribution is 5.71. The average Bonchev–Trinajstić information content (AvgIpc) is 3.49. The van der Waals surface area contributed by atoms with Crippen molar-refractivity contribution in [1.82, 2.24) is 4.98 Å². The fourth-order valence-electron chi connectivity index (χ4n) is 3.43. The third kappa shape index (κ3) is 2.82. The van der Waals surface area contributed by atoms with Gasteiger partial charge >= 0.3 is 0 Å². The van der Waals surface area contributed by atoms with E-state index in [-0.39, 0.29) is 17.0 Å². The first-order valence-electron chi connectivity index (χ1n) is 8.37. The van der Waals surface area contributed by atoms with Crippen molar-refractivity contribution in [3.63, 3.8) is 0 Å². The Morgan fingerprint density at radius 1 is 1.04 bits per heavy atom. The number of hydrogen-bond acceptors (Lipinski definition) is 4. The second-order valence-corrected chi connectivity index (χ2v) is 6.45. The molecule has 0 bridgehead atoms. The van der Waals surface area contributed by atoms with Crippen LogP contribution in [0.25, 0.3) is 11.1 Å². The Bertz CT molecular complexity index is 1060. The summed E-state index contributed by atoms with van der Waals surface area (Å²) in [5, 5.41) is 12.3. The Kier molecular flexibility index (Phi) is 3.94. The Morgan fingerprint density at radius 3 is 2.42 bits per heavy atom. The smallest absolute Gasteiger partial charge is 0.266 e. The van der Waals surface area contributed by atoms with Crippen molar-refractivity contribution in [2.24, 2.45) is 5.18 Å². The lowest BCUT2D eigenvalue weighted by molar-refractivity contribution is 0.951. The largest absolute Gasteiger partial charge is 0.325 e. The number of nitriles is 1. The third-order valence-corrected chi connectivity index (χ3v) is 4.87. The molecule has 1 aromatic heterocycles. The predicted molar refractivity (Wildman–Crippen MR) is 99.2 cm³/mol. The number of pyridine rings is 1. The summed E-state index contributed by atoms with van der Waals surface area (Å²) in [4.78, 5) is 25.9. The summed E-state index contributed by atoms with van der Waals surface area (Å²) in [6.45, 7) is 0. The molecule has 5 heteroatoms. The van der Waals surface area contributed by atoms with Crippen LogP contribution in [0.3, 0.4) is 0 Å². The highest BCUT2D eigenvalue weighted by Gasteiger charge is 2.40.